The van der Waals surface area contributed by atoms with Gasteiger partial charge in [0.15, 0.2) is 0 Å². The van der Waals surface area contributed by atoms with E-state index in [0.717, 1.165) is 13.0 Å². The maximum absolute atomic E-state index is 11.4. The van der Waals surface area contributed by atoms with E-state index >= 15 is 0 Å². The summed E-state index contributed by atoms with van der Waals surface area (Å²) in [6, 6.07) is -0.339. The Labute approximate surface area is 93.8 Å². The van der Waals surface area contributed by atoms with Crippen molar-refractivity contribution in [3.63, 3.8) is 0 Å². The third-order valence-corrected chi connectivity index (χ3v) is 2.88. The van der Waals surface area contributed by atoms with Crippen molar-refractivity contribution in [1.29, 1.82) is 0 Å². The summed E-state index contributed by atoms with van der Waals surface area (Å²) in [6.07, 6.45) is 5.50. The minimum atomic E-state index is -0.339. The molecule has 3 heteroatoms. The van der Waals surface area contributed by atoms with Crippen molar-refractivity contribution in [1.82, 2.24) is 5.32 Å². The maximum Gasteiger partial charge on any atom is 0.236 e. The van der Waals surface area contributed by atoms with Crippen LogP contribution in [-0.2, 0) is 4.79 Å². The molecule has 0 radical (unpaired) electrons. The van der Waals surface area contributed by atoms with Crippen molar-refractivity contribution < 1.29 is 4.79 Å². The molecule has 0 saturated carbocycles. The van der Waals surface area contributed by atoms with Gasteiger partial charge in [0, 0.05) is 6.54 Å². The minimum Gasteiger partial charge on any atom is -0.354 e. The Hall–Kier alpha value is -0.570. The Kier molecular flexibility index (Phi) is 8.38. The lowest BCUT2D eigenvalue weighted by atomic mass is 9.99. The monoisotopic (exact) mass is 214 g/mol. The molecular formula is C12H26N2O. The van der Waals surface area contributed by atoms with Crippen molar-refractivity contribution in [2.75, 3.05) is 6.54 Å². The van der Waals surface area contributed by atoms with Crippen molar-refractivity contribution in [2.45, 2.75) is 58.9 Å². The van der Waals surface area contributed by atoms with E-state index in [4.69, 9.17) is 5.73 Å². The Morgan fingerprint density at radius 2 is 1.93 bits per heavy atom. The second-order valence-corrected chi connectivity index (χ2v) is 4.18. The summed E-state index contributed by atoms with van der Waals surface area (Å²) in [7, 11) is 0. The molecule has 0 saturated heterocycles. The molecule has 0 bridgehead atoms. The number of amides is 1. The second kappa shape index (κ2) is 8.72. The average molecular weight is 214 g/mol. The summed E-state index contributed by atoms with van der Waals surface area (Å²) >= 11 is 0. The highest BCUT2D eigenvalue weighted by Gasteiger charge is 2.12. The van der Waals surface area contributed by atoms with E-state index in [0.29, 0.717) is 12.3 Å². The van der Waals surface area contributed by atoms with Gasteiger partial charge >= 0.3 is 0 Å². The largest absolute Gasteiger partial charge is 0.354 e. The van der Waals surface area contributed by atoms with Crippen molar-refractivity contribution in [2.24, 2.45) is 11.7 Å². The summed E-state index contributed by atoms with van der Waals surface area (Å²) in [5.41, 5.74) is 5.63. The van der Waals surface area contributed by atoms with Gasteiger partial charge in [-0.05, 0) is 18.8 Å². The highest BCUT2D eigenvalue weighted by molar-refractivity contribution is 5.81. The van der Waals surface area contributed by atoms with Crippen LogP contribution in [0.2, 0.25) is 0 Å². The molecule has 3 nitrogen and oxygen atoms in total. The molecule has 1 amide bonds. The van der Waals surface area contributed by atoms with E-state index < -0.39 is 0 Å². The molecule has 0 aliphatic rings. The number of rotatable bonds is 8. The van der Waals surface area contributed by atoms with Crippen LogP contribution in [0.15, 0.2) is 0 Å². The Morgan fingerprint density at radius 1 is 1.27 bits per heavy atom. The van der Waals surface area contributed by atoms with Gasteiger partial charge in [-0.2, -0.15) is 0 Å². The molecule has 0 aliphatic heterocycles. The molecule has 0 aliphatic carbocycles. The Bertz CT molecular complexity index is 171. The molecule has 1 unspecified atom stereocenters. The molecule has 2 atom stereocenters. The standard InChI is InChI=1S/C12H26N2O/c1-4-7-8-10(5-2)9-14-12(15)11(13)6-3/h10-11H,4-9,13H2,1-3H3,(H,14,15)/t10?,11-/m0/s1. The fourth-order valence-corrected chi connectivity index (χ4v) is 1.50. The van der Waals surface area contributed by atoms with Crippen molar-refractivity contribution in [3.8, 4) is 0 Å². The van der Waals surface area contributed by atoms with E-state index in [1.165, 1.54) is 19.3 Å². The van der Waals surface area contributed by atoms with Gasteiger partial charge in [-0.1, -0.05) is 40.0 Å². The lowest BCUT2D eigenvalue weighted by Gasteiger charge is -2.16. The fraction of sp³-hybridized carbons (Fsp3) is 0.917. The Morgan fingerprint density at radius 3 is 2.40 bits per heavy atom. The van der Waals surface area contributed by atoms with E-state index in [2.05, 4.69) is 19.2 Å². The van der Waals surface area contributed by atoms with E-state index in [1.807, 2.05) is 6.92 Å². The molecule has 0 aromatic rings. The number of hydrogen-bond donors (Lipinski definition) is 2. The van der Waals surface area contributed by atoms with Crippen molar-refractivity contribution in [3.05, 3.63) is 0 Å². The predicted octanol–water partition coefficient (Wildman–Crippen LogP) is 2.06. The zero-order chi connectivity index (χ0) is 11.7. The molecule has 0 aromatic carbocycles. The predicted molar refractivity (Wildman–Crippen MR) is 64.6 cm³/mol. The summed E-state index contributed by atoms with van der Waals surface area (Å²) in [5.74, 6) is 0.602. The van der Waals surface area contributed by atoms with E-state index in [1.54, 1.807) is 0 Å². The number of unbranched alkanes of at least 4 members (excludes halogenated alkanes) is 1. The molecule has 0 fully saturated rings. The van der Waals surface area contributed by atoms with Crippen LogP contribution < -0.4 is 11.1 Å². The molecule has 3 N–H and O–H groups in total. The zero-order valence-corrected chi connectivity index (χ0v) is 10.4. The molecule has 15 heavy (non-hydrogen) atoms. The van der Waals surface area contributed by atoms with Crippen LogP contribution in [0.1, 0.15) is 52.9 Å². The van der Waals surface area contributed by atoms with Gasteiger partial charge < -0.3 is 11.1 Å². The molecule has 90 valence electrons. The summed E-state index contributed by atoms with van der Waals surface area (Å²) < 4.78 is 0. The zero-order valence-electron chi connectivity index (χ0n) is 10.4. The van der Waals surface area contributed by atoms with Crippen LogP contribution in [0.5, 0.6) is 0 Å². The number of nitrogens with one attached hydrogen (secondary N) is 1. The first kappa shape index (κ1) is 14.4. The van der Waals surface area contributed by atoms with Crippen LogP contribution in [0, 0.1) is 5.92 Å². The minimum absolute atomic E-state index is 0.00699. The lowest BCUT2D eigenvalue weighted by molar-refractivity contribution is -0.122. The number of nitrogens with two attached hydrogens (primary N) is 1. The van der Waals surface area contributed by atoms with Crippen LogP contribution in [0.25, 0.3) is 0 Å². The smallest absolute Gasteiger partial charge is 0.236 e. The molecule has 0 heterocycles. The molecule has 0 rings (SSSR count). The maximum atomic E-state index is 11.4. The number of hydrogen-bond acceptors (Lipinski definition) is 2. The lowest BCUT2D eigenvalue weighted by Crippen LogP contribution is -2.41. The normalized spacial score (nSPS) is 14.7. The second-order valence-electron chi connectivity index (χ2n) is 4.18. The molecular weight excluding hydrogens is 188 g/mol. The van der Waals surface area contributed by atoms with Crippen LogP contribution in [0.3, 0.4) is 0 Å². The molecule has 0 aromatic heterocycles. The quantitative estimate of drug-likeness (QED) is 0.650. The van der Waals surface area contributed by atoms with Gasteiger partial charge in [0.25, 0.3) is 0 Å². The average Bonchev–Trinajstić information content (AvgIpc) is 2.27. The molecule has 0 spiro atoms. The summed E-state index contributed by atoms with van der Waals surface area (Å²) in [5, 5.41) is 2.93. The number of carbonyl (C=O) groups is 1. The highest BCUT2D eigenvalue weighted by Crippen LogP contribution is 2.11. The SMILES string of the molecule is CCCCC(CC)CNC(=O)[C@@H](N)CC. The summed E-state index contributed by atoms with van der Waals surface area (Å²) in [4.78, 5) is 11.4. The van der Waals surface area contributed by atoms with E-state index in [-0.39, 0.29) is 11.9 Å². The van der Waals surface area contributed by atoms with Crippen molar-refractivity contribution >= 4 is 5.91 Å². The van der Waals surface area contributed by atoms with Crippen LogP contribution in [0.4, 0.5) is 0 Å². The van der Waals surface area contributed by atoms with Gasteiger partial charge in [-0.15, -0.1) is 0 Å². The first-order valence-electron chi connectivity index (χ1n) is 6.18. The van der Waals surface area contributed by atoms with Gasteiger partial charge in [0.2, 0.25) is 5.91 Å². The summed E-state index contributed by atoms with van der Waals surface area (Å²) in [6.45, 7) is 7.08. The van der Waals surface area contributed by atoms with Gasteiger partial charge in [0.1, 0.15) is 0 Å². The first-order valence-corrected chi connectivity index (χ1v) is 6.18. The van der Waals surface area contributed by atoms with Gasteiger partial charge in [0.05, 0.1) is 6.04 Å². The van der Waals surface area contributed by atoms with Crippen LogP contribution in [-0.4, -0.2) is 18.5 Å². The fourth-order valence-electron chi connectivity index (χ4n) is 1.50. The van der Waals surface area contributed by atoms with Crippen LogP contribution >= 0.6 is 0 Å². The third kappa shape index (κ3) is 6.50. The third-order valence-electron chi connectivity index (χ3n) is 2.88. The van der Waals surface area contributed by atoms with Gasteiger partial charge in [-0.3, -0.25) is 4.79 Å². The highest BCUT2D eigenvalue weighted by atomic mass is 16.2. The Balaban J connectivity index is 3.74. The number of carbonyl (C=O) groups excluding carboxylic acids is 1. The topological polar surface area (TPSA) is 55.1 Å². The van der Waals surface area contributed by atoms with Gasteiger partial charge in [-0.25, -0.2) is 0 Å². The van der Waals surface area contributed by atoms with E-state index in [9.17, 15) is 4.79 Å². The first-order chi connectivity index (χ1) is 7.15.